The molecular weight excluding hydrogens is 224 g/mol. The van der Waals surface area contributed by atoms with Gasteiger partial charge in [0, 0.05) is 0 Å². The first kappa shape index (κ1) is 14.3. The second-order valence-corrected chi connectivity index (χ2v) is 4.25. The van der Waals surface area contributed by atoms with Gasteiger partial charge in [-0.25, -0.2) is 0 Å². The molecule has 0 aliphatic heterocycles. The van der Waals surface area contributed by atoms with E-state index < -0.39 is 0 Å². The van der Waals surface area contributed by atoms with Gasteiger partial charge in [0.25, 0.3) is 0 Å². The Kier molecular flexibility index (Phi) is 5.96. The van der Waals surface area contributed by atoms with E-state index in [9.17, 15) is 4.79 Å². The Hall–Kier alpha value is -1.79. The Labute approximate surface area is 109 Å². The molecule has 0 aromatic heterocycles. The molecule has 0 fully saturated rings. The second kappa shape index (κ2) is 7.52. The van der Waals surface area contributed by atoms with Crippen LogP contribution in [0.4, 0.5) is 0 Å². The van der Waals surface area contributed by atoms with E-state index in [0.717, 1.165) is 12.0 Å². The van der Waals surface area contributed by atoms with Crippen molar-refractivity contribution in [3.8, 4) is 12.3 Å². The summed E-state index contributed by atoms with van der Waals surface area (Å²) < 4.78 is 0. The van der Waals surface area contributed by atoms with Crippen LogP contribution in [0.3, 0.4) is 0 Å². The van der Waals surface area contributed by atoms with Gasteiger partial charge in [0.05, 0.1) is 19.1 Å². The predicted molar refractivity (Wildman–Crippen MR) is 74.1 cm³/mol. The predicted octanol–water partition coefficient (Wildman–Crippen LogP) is 1.79. The fourth-order valence-electron chi connectivity index (χ4n) is 1.71. The van der Waals surface area contributed by atoms with Gasteiger partial charge in [-0.05, 0) is 18.9 Å². The van der Waals surface area contributed by atoms with Gasteiger partial charge in [0.15, 0.2) is 0 Å². The summed E-state index contributed by atoms with van der Waals surface area (Å²) in [5, 5.41) is 5.87. The number of aryl methyl sites for hydroxylation is 1. The van der Waals surface area contributed by atoms with E-state index in [1.54, 1.807) is 0 Å². The van der Waals surface area contributed by atoms with E-state index in [1.165, 1.54) is 5.56 Å². The molecule has 0 heterocycles. The SMILES string of the molecule is C#CCNCC(=O)NC(CC)c1ccc(C)cc1. The van der Waals surface area contributed by atoms with Crippen LogP contribution in [0.25, 0.3) is 0 Å². The number of amides is 1. The highest BCUT2D eigenvalue weighted by atomic mass is 16.1. The lowest BCUT2D eigenvalue weighted by Crippen LogP contribution is -2.36. The zero-order valence-electron chi connectivity index (χ0n) is 11.0. The number of carbonyl (C=O) groups is 1. The highest BCUT2D eigenvalue weighted by Crippen LogP contribution is 2.16. The maximum Gasteiger partial charge on any atom is 0.234 e. The lowest BCUT2D eigenvalue weighted by molar-refractivity contribution is -0.121. The Morgan fingerprint density at radius 2 is 2.06 bits per heavy atom. The molecule has 18 heavy (non-hydrogen) atoms. The van der Waals surface area contributed by atoms with Crippen molar-refractivity contribution in [2.24, 2.45) is 0 Å². The molecule has 0 radical (unpaired) electrons. The van der Waals surface area contributed by atoms with Crippen LogP contribution in [0, 0.1) is 19.3 Å². The monoisotopic (exact) mass is 244 g/mol. The molecule has 1 aromatic rings. The Morgan fingerprint density at radius 1 is 1.39 bits per heavy atom. The molecule has 0 saturated carbocycles. The highest BCUT2D eigenvalue weighted by Gasteiger charge is 2.11. The smallest absolute Gasteiger partial charge is 0.234 e. The van der Waals surface area contributed by atoms with Gasteiger partial charge in [0.2, 0.25) is 5.91 Å². The van der Waals surface area contributed by atoms with Crippen LogP contribution in [0.2, 0.25) is 0 Å². The lowest BCUT2D eigenvalue weighted by atomic mass is 10.0. The molecular formula is C15H20N2O. The standard InChI is InChI=1S/C15H20N2O/c1-4-10-16-11-15(18)17-14(5-2)13-8-6-12(3)7-9-13/h1,6-9,14,16H,5,10-11H2,2-3H3,(H,17,18). The Morgan fingerprint density at radius 3 is 2.61 bits per heavy atom. The zero-order chi connectivity index (χ0) is 13.4. The van der Waals surface area contributed by atoms with Gasteiger partial charge in [-0.2, -0.15) is 0 Å². The van der Waals surface area contributed by atoms with Crippen LogP contribution in [0.5, 0.6) is 0 Å². The molecule has 1 aromatic carbocycles. The third kappa shape index (κ3) is 4.60. The number of terminal acetylenes is 1. The van der Waals surface area contributed by atoms with E-state index in [-0.39, 0.29) is 18.5 Å². The quantitative estimate of drug-likeness (QED) is 0.591. The van der Waals surface area contributed by atoms with Crippen molar-refractivity contribution in [3.05, 3.63) is 35.4 Å². The largest absolute Gasteiger partial charge is 0.348 e. The number of rotatable bonds is 6. The van der Waals surface area contributed by atoms with Crippen LogP contribution in [-0.2, 0) is 4.79 Å². The zero-order valence-corrected chi connectivity index (χ0v) is 11.0. The molecule has 0 bridgehead atoms. The summed E-state index contributed by atoms with van der Waals surface area (Å²) in [5.41, 5.74) is 2.35. The molecule has 1 amide bonds. The van der Waals surface area contributed by atoms with Gasteiger partial charge in [-0.1, -0.05) is 42.7 Å². The maximum atomic E-state index is 11.7. The molecule has 0 aliphatic rings. The average molecular weight is 244 g/mol. The normalized spacial score (nSPS) is 11.6. The molecule has 3 heteroatoms. The highest BCUT2D eigenvalue weighted by molar-refractivity contribution is 5.78. The molecule has 2 N–H and O–H groups in total. The molecule has 1 rings (SSSR count). The number of benzene rings is 1. The fourth-order valence-corrected chi connectivity index (χ4v) is 1.71. The van der Waals surface area contributed by atoms with E-state index in [2.05, 4.69) is 47.7 Å². The van der Waals surface area contributed by atoms with Crippen molar-refractivity contribution in [2.45, 2.75) is 26.3 Å². The first-order valence-corrected chi connectivity index (χ1v) is 6.17. The van der Waals surface area contributed by atoms with E-state index in [1.807, 2.05) is 6.92 Å². The second-order valence-electron chi connectivity index (χ2n) is 4.25. The topological polar surface area (TPSA) is 41.1 Å². The van der Waals surface area contributed by atoms with Crippen LogP contribution >= 0.6 is 0 Å². The third-order valence-corrected chi connectivity index (χ3v) is 2.74. The minimum Gasteiger partial charge on any atom is -0.348 e. The minimum atomic E-state index is -0.0299. The lowest BCUT2D eigenvalue weighted by Gasteiger charge is -2.17. The molecule has 3 nitrogen and oxygen atoms in total. The molecule has 1 atom stereocenters. The van der Waals surface area contributed by atoms with E-state index >= 15 is 0 Å². The molecule has 0 spiro atoms. The Bertz CT molecular complexity index is 417. The number of nitrogens with one attached hydrogen (secondary N) is 2. The summed E-state index contributed by atoms with van der Waals surface area (Å²) >= 11 is 0. The van der Waals surface area contributed by atoms with Gasteiger partial charge in [0.1, 0.15) is 0 Å². The van der Waals surface area contributed by atoms with Crippen molar-refractivity contribution in [1.29, 1.82) is 0 Å². The van der Waals surface area contributed by atoms with Crippen LogP contribution in [-0.4, -0.2) is 19.0 Å². The van der Waals surface area contributed by atoms with Crippen LogP contribution < -0.4 is 10.6 Å². The number of carbonyl (C=O) groups excluding carboxylic acids is 1. The number of hydrogen-bond donors (Lipinski definition) is 2. The first-order valence-electron chi connectivity index (χ1n) is 6.17. The third-order valence-electron chi connectivity index (χ3n) is 2.74. The summed E-state index contributed by atoms with van der Waals surface area (Å²) in [5.74, 6) is 2.41. The van der Waals surface area contributed by atoms with Crippen molar-refractivity contribution < 1.29 is 4.79 Å². The van der Waals surface area contributed by atoms with Crippen molar-refractivity contribution in [3.63, 3.8) is 0 Å². The van der Waals surface area contributed by atoms with Gasteiger partial charge < -0.3 is 5.32 Å². The van der Waals surface area contributed by atoms with Crippen molar-refractivity contribution in [2.75, 3.05) is 13.1 Å². The first-order chi connectivity index (χ1) is 8.67. The Balaban J connectivity index is 2.54. The van der Waals surface area contributed by atoms with E-state index in [0.29, 0.717) is 6.54 Å². The van der Waals surface area contributed by atoms with Crippen molar-refractivity contribution >= 4 is 5.91 Å². The average Bonchev–Trinajstić information content (AvgIpc) is 2.37. The van der Waals surface area contributed by atoms with Gasteiger partial charge in [-0.15, -0.1) is 6.42 Å². The summed E-state index contributed by atoms with van der Waals surface area (Å²) in [6.07, 6.45) is 5.97. The summed E-state index contributed by atoms with van der Waals surface area (Å²) in [7, 11) is 0. The van der Waals surface area contributed by atoms with Gasteiger partial charge in [-0.3, -0.25) is 10.1 Å². The molecule has 1 unspecified atom stereocenters. The van der Waals surface area contributed by atoms with Gasteiger partial charge >= 0.3 is 0 Å². The van der Waals surface area contributed by atoms with Crippen LogP contribution in [0.15, 0.2) is 24.3 Å². The van der Waals surface area contributed by atoms with Crippen LogP contribution in [0.1, 0.15) is 30.5 Å². The number of hydrogen-bond acceptors (Lipinski definition) is 2. The summed E-state index contributed by atoms with van der Waals surface area (Å²) in [6, 6.07) is 8.28. The summed E-state index contributed by atoms with van der Waals surface area (Å²) in [4.78, 5) is 11.7. The molecule has 96 valence electrons. The fraction of sp³-hybridized carbons (Fsp3) is 0.400. The molecule has 0 saturated heterocycles. The minimum absolute atomic E-state index is 0.0299. The maximum absolute atomic E-state index is 11.7. The molecule has 0 aliphatic carbocycles. The van der Waals surface area contributed by atoms with E-state index in [4.69, 9.17) is 6.42 Å². The summed E-state index contributed by atoms with van der Waals surface area (Å²) in [6.45, 7) is 4.77. The van der Waals surface area contributed by atoms with Crippen molar-refractivity contribution in [1.82, 2.24) is 10.6 Å².